The van der Waals surface area contributed by atoms with Crippen molar-refractivity contribution >= 4 is 17.6 Å². The molecule has 1 fully saturated rings. The van der Waals surface area contributed by atoms with Crippen molar-refractivity contribution < 1.29 is 29.3 Å². The minimum absolute atomic E-state index is 0.0125. The van der Waals surface area contributed by atoms with Crippen LogP contribution < -0.4 is 4.74 Å². The molecule has 11 nitrogen and oxygen atoms in total. The van der Waals surface area contributed by atoms with E-state index in [0.29, 0.717) is 24.6 Å². The Balaban J connectivity index is 0.000000446. The summed E-state index contributed by atoms with van der Waals surface area (Å²) in [6.07, 6.45) is 7.10. The minimum atomic E-state index is -1.26. The van der Waals surface area contributed by atoms with Crippen molar-refractivity contribution in [3.05, 3.63) is 102 Å². The molecule has 2 N–H and O–H groups in total. The number of hydrogen-bond acceptors (Lipinski definition) is 8. The maximum atomic E-state index is 9.55. The normalized spacial score (nSPS) is 14.1. The molecular formula is C31H35N5O6. The highest BCUT2D eigenvalue weighted by molar-refractivity contribution is 5.89. The fraction of sp³-hybridized carbons (Fsp3) is 0.323. The quantitative estimate of drug-likeness (QED) is 0.187. The number of carbonyl (C=O) groups is 2. The summed E-state index contributed by atoms with van der Waals surface area (Å²) in [7, 11) is 0. The van der Waals surface area contributed by atoms with Crippen molar-refractivity contribution in [2.45, 2.75) is 37.9 Å². The maximum absolute atomic E-state index is 9.55. The van der Waals surface area contributed by atoms with E-state index in [9.17, 15) is 9.59 Å². The number of carboxylic acid groups (broad SMARTS) is 2. The predicted molar refractivity (Wildman–Crippen MR) is 155 cm³/mol. The van der Waals surface area contributed by atoms with Crippen molar-refractivity contribution in [2.24, 2.45) is 0 Å². The molecule has 2 aromatic heterocycles. The van der Waals surface area contributed by atoms with Crippen LogP contribution in [0.15, 0.2) is 91.3 Å². The Hall–Kier alpha value is -4.61. The highest BCUT2D eigenvalue weighted by Crippen LogP contribution is 2.30. The lowest BCUT2D eigenvalue weighted by Gasteiger charge is -2.34. The van der Waals surface area contributed by atoms with Gasteiger partial charge in [-0.25, -0.2) is 14.6 Å². The van der Waals surface area contributed by atoms with E-state index in [1.54, 1.807) is 0 Å². The molecule has 1 saturated heterocycles. The van der Waals surface area contributed by atoms with Gasteiger partial charge in [-0.3, -0.25) is 0 Å². The van der Waals surface area contributed by atoms with E-state index in [-0.39, 0.29) is 12.2 Å². The van der Waals surface area contributed by atoms with E-state index in [1.807, 2.05) is 12.1 Å². The van der Waals surface area contributed by atoms with Crippen molar-refractivity contribution in [1.82, 2.24) is 24.7 Å². The molecule has 3 heterocycles. The van der Waals surface area contributed by atoms with Crippen LogP contribution in [0.3, 0.4) is 0 Å². The molecule has 1 aliphatic rings. The Morgan fingerprint density at radius 1 is 0.881 bits per heavy atom. The van der Waals surface area contributed by atoms with Gasteiger partial charge in [-0.05, 0) is 49.4 Å². The van der Waals surface area contributed by atoms with Gasteiger partial charge >= 0.3 is 11.9 Å². The molecule has 5 rings (SSSR count). The zero-order valence-electron chi connectivity index (χ0n) is 23.2. The summed E-state index contributed by atoms with van der Waals surface area (Å²) in [4.78, 5) is 25.7. The number of hydrogen-bond donors (Lipinski definition) is 2. The highest BCUT2D eigenvalue weighted by atomic mass is 16.5. The number of likely N-dealkylation sites (tertiary alicyclic amines) is 1. The molecule has 11 heteroatoms. The SMILES string of the molecule is O=C(O)/C=C/C(=O)O.c1ccc(C(OC2CCN(CCCCOc3ccc4ncnn4n3)CC2)c2ccccc2)cc1. The zero-order chi connectivity index (χ0) is 29.6. The zero-order valence-corrected chi connectivity index (χ0v) is 23.2. The molecule has 0 atom stereocenters. The van der Waals surface area contributed by atoms with Gasteiger partial charge in [0, 0.05) is 31.3 Å². The Kier molecular flexibility index (Phi) is 11.6. The number of nitrogens with zero attached hydrogens (tertiary/aromatic N) is 5. The smallest absolute Gasteiger partial charge is 0.328 e. The third-order valence-electron chi connectivity index (χ3n) is 6.68. The van der Waals surface area contributed by atoms with Gasteiger partial charge in [0.1, 0.15) is 12.4 Å². The molecular weight excluding hydrogens is 538 g/mol. The number of fused-ring (bicyclic) bond motifs is 1. The first-order valence-electron chi connectivity index (χ1n) is 13.9. The lowest BCUT2D eigenvalue weighted by molar-refractivity contribution is -0.134. The Morgan fingerprint density at radius 2 is 1.50 bits per heavy atom. The van der Waals surface area contributed by atoms with Crippen LogP contribution >= 0.6 is 0 Å². The van der Waals surface area contributed by atoms with Crippen LogP contribution in [-0.2, 0) is 14.3 Å². The minimum Gasteiger partial charge on any atom is -0.478 e. The van der Waals surface area contributed by atoms with Crippen molar-refractivity contribution in [2.75, 3.05) is 26.2 Å². The lowest BCUT2D eigenvalue weighted by Crippen LogP contribution is -2.38. The number of carboxylic acids is 2. The Morgan fingerprint density at radius 3 is 2.10 bits per heavy atom. The van der Waals surface area contributed by atoms with Gasteiger partial charge in [0.15, 0.2) is 5.65 Å². The molecule has 0 bridgehead atoms. The van der Waals surface area contributed by atoms with Gasteiger partial charge in [-0.2, -0.15) is 0 Å². The van der Waals surface area contributed by atoms with E-state index < -0.39 is 11.9 Å². The maximum Gasteiger partial charge on any atom is 0.328 e. The van der Waals surface area contributed by atoms with Crippen LogP contribution in [0, 0.1) is 0 Å². The van der Waals surface area contributed by atoms with Gasteiger partial charge in [0.05, 0.1) is 12.7 Å². The number of benzene rings is 2. The lowest BCUT2D eigenvalue weighted by atomic mass is 10.00. The van der Waals surface area contributed by atoms with Crippen molar-refractivity contribution in [1.29, 1.82) is 0 Å². The van der Waals surface area contributed by atoms with E-state index in [2.05, 4.69) is 80.7 Å². The molecule has 0 spiro atoms. The topological polar surface area (TPSA) is 139 Å². The second-order valence-corrected chi connectivity index (χ2v) is 9.72. The number of rotatable bonds is 12. The van der Waals surface area contributed by atoms with Gasteiger partial charge in [-0.1, -0.05) is 60.7 Å². The standard InChI is InChI=1S/C27H31N5O2.C4H4O4/c1-3-9-22(10-4-1)27(23-11-5-2-6-12-23)34-24-15-18-31(19-16-24)17-7-8-20-33-26-14-13-25-28-21-29-32(25)30-26;5-3(6)1-2-4(7)8/h1-6,9-14,21,24,27H,7-8,15-20H2;1-2H,(H,5,6)(H,7,8)/b;2-1+. The number of piperidine rings is 1. The van der Waals surface area contributed by atoms with E-state index in [4.69, 9.17) is 19.7 Å². The molecule has 0 amide bonds. The summed E-state index contributed by atoms with van der Waals surface area (Å²) in [6, 6.07) is 24.8. The monoisotopic (exact) mass is 573 g/mol. The number of unbranched alkanes of at least 4 members (excludes halogenated alkanes) is 1. The number of aliphatic carboxylic acids is 2. The summed E-state index contributed by atoms with van der Waals surface area (Å²) >= 11 is 0. The third-order valence-corrected chi connectivity index (χ3v) is 6.68. The molecule has 0 aliphatic carbocycles. The predicted octanol–water partition coefficient (Wildman–Crippen LogP) is 4.27. The van der Waals surface area contributed by atoms with Crippen molar-refractivity contribution in [3.63, 3.8) is 0 Å². The van der Waals surface area contributed by atoms with Crippen LogP contribution in [-0.4, -0.2) is 79.2 Å². The largest absolute Gasteiger partial charge is 0.478 e. The van der Waals surface area contributed by atoms with Crippen LogP contribution in [0.5, 0.6) is 5.88 Å². The second-order valence-electron chi connectivity index (χ2n) is 9.72. The van der Waals surface area contributed by atoms with E-state index >= 15 is 0 Å². The molecule has 0 saturated carbocycles. The first-order chi connectivity index (χ1) is 20.5. The van der Waals surface area contributed by atoms with Crippen LogP contribution in [0.1, 0.15) is 42.9 Å². The van der Waals surface area contributed by atoms with Crippen LogP contribution in [0.2, 0.25) is 0 Å². The molecule has 1 aliphatic heterocycles. The first-order valence-corrected chi connectivity index (χ1v) is 13.9. The highest BCUT2D eigenvalue weighted by Gasteiger charge is 2.24. The first kappa shape index (κ1) is 30.4. The summed E-state index contributed by atoms with van der Waals surface area (Å²) in [5.41, 5.74) is 3.15. The van der Waals surface area contributed by atoms with Gasteiger partial charge in [0.25, 0.3) is 0 Å². The van der Waals surface area contributed by atoms with Gasteiger partial charge in [0.2, 0.25) is 5.88 Å². The van der Waals surface area contributed by atoms with E-state index in [1.165, 1.54) is 22.1 Å². The van der Waals surface area contributed by atoms with Gasteiger partial charge < -0.3 is 24.6 Å². The molecule has 0 unspecified atom stereocenters. The van der Waals surface area contributed by atoms with Gasteiger partial charge in [-0.15, -0.1) is 14.8 Å². The molecule has 4 aromatic rings. The van der Waals surface area contributed by atoms with E-state index in [0.717, 1.165) is 51.0 Å². The summed E-state index contributed by atoms with van der Waals surface area (Å²) in [5, 5.41) is 24.0. The molecule has 42 heavy (non-hydrogen) atoms. The summed E-state index contributed by atoms with van der Waals surface area (Å²) in [6.45, 7) is 3.90. The number of ether oxygens (including phenoxy) is 2. The average Bonchev–Trinajstić information content (AvgIpc) is 3.49. The van der Waals surface area contributed by atoms with Crippen LogP contribution in [0.4, 0.5) is 0 Å². The summed E-state index contributed by atoms with van der Waals surface area (Å²) < 4.78 is 13.9. The Bertz CT molecular complexity index is 1370. The van der Waals surface area contributed by atoms with Crippen LogP contribution in [0.25, 0.3) is 5.65 Å². The van der Waals surface area contributed by atoms with Crippen molar-refractivity contribution in [3.8, 4) is 5.88 Å². The third kappa shape index (κ3) is 9.79. The fourth-order valence-electron chi connectivity index (χ4n) is 4.60. The molecule has 0 radical (unpaired) electrons. The fourth-order valence-corrected chi connectivity index (χ4v) is 4.60. The number of aromatic nitrogens is 4. The second kappa shape index (κ2) is 16.0. The average molecular weight is 574 g/mol. The summed E-state index contributed by atoms with van der Waals surface area (Å²) in [5.74, 6) is -1.93. The molecule has 220 valence electrons. The Labute approximate surface area is 244 Å². The molecule has 2 aromatic carbocycles.